The van der Waals surface area contributed by atoms with E-state index in [2.05, 4.69) is 10.3 Å². The average Bonchev–Trinajstić information content (AvgIpc) is 2.37. The van der Waals surface area contributed by atoms with Gasteiger partial charge in [-0.3, -0.25) is 0 Å². The van der Waals surface area contributed by atoms with E-state index in [0.717, 1.165) is 11.6 Å². The van der Waals surface area contributed by atoms with E-state index in [9.17, 15) is 0 Å². The first-order chi connectivity index (χ1) is 4.86. The van der Waals surface area contributed by atoms with Gasteiger partial charge in [-0.1, -0.05) is 0 Å². The molecule has 1 aromatic heterocycles. The van der Waals surface area contributed by atoms with Crippen molar-refractivity contribution >= 4 is 11.3 Å². The number of thiazole rings is 1. The number of nitriles is 1. The van der Waals surface area contributed by atoms with E-state index in [1.165, 1.54) is 11.3 Å². The van der Waals surface area contributed by atoms with Crippen molar-refractivity contribution in [2.45, 2.75) is 6.54 Å². The molecule has 1 N–H and O–H groups in total. The fourth-order valence-corrected chi connectivity index (χ4v) is 1.33. The first-order valence-electron chi connectivity index (χ1n) is 2.86. The third kappa shape index (κ3) is 1.53. The molecule has 0 aliphatic heterocycles. The van der Waals surface area contributed by atoms with E-state index in [1.54, 1.807) is 5.38 Å². The Morgan fingerprint density at radius 1 is 1.90 bits per heavy atom. The van der Waals surface area contributed by atoms with Crippen LogP contribution in [-0.4, -0.2) is 12.0 Å². The van der Waals surface area contributed by atoms with Crippen LogP contribution in [0.5, 0.6) is 0 Å². The van der Waals surface area contributed by atoms with Gasteiger partial charge < -0.3 is 5.32 Å². The Balaban J connectivity index is 2.71. The molecule has 0 radical (unpaired) electrons. The summed E-state index contributed by atoms with van der Waals surface area (Å²) in [6.07, 6.45) is 0. The summed E-state index contributed by atoms with van der Waals surface area (Å²) in [7, 11) is 1.85. The van der Waals surface area contributed by atoms with Crippen molar-refractivity contribution in [2.24, 2.45) is 0 Å². The topological polar surface area (TPSA) is 48.7 Å². The normalized spacial score (nSPS) is 9.20. The van der Waals surface area contributed by atoms with Gasteiger partial charge in [0.25, 0.3) is 0 Å². The molecule has 3 nitrogen and oxygen atoms in total. The van der Waals surface area contributed by atoms with Crippen LogP contribution in [0, 0.1) is 11.3 Å². The van der Waals surface area contributed by atoms with Crippen LogP contribution in [0.1, 0.15) is 10.7 Å². The van der Waals surface area contributed by atoms with Crippen LogP contribution in [0.3, 0.4) is 0 Å². The Hall–Kier alpha value is -0.920. The molecule has 0 bridgehead atoms. The highest BCUT2D eigenvalue weighted by atomic mass is 32.1. The number of rotatable bonds is 2. The van der Waals surface area contributed by atoms with Gasteiger partial charge in [0, 0.05) is 11.9 Å². The van der Waals surface area contributed by atoms with Crippen molar-refractivity contribution in [1.82, 2.24) is 10.3 Å². The molecule has 10 heavy (non-hydrogen) atoms. The first-order valence-corrected chi connectivity index (χ1v) is 3.74. The fraction of sp³-hybridized carbons (Fsp3) is 0.333. The zero-order chi connectivity index (χ0) is 7.40. The second-order valence-corrected chi connectivity index (χ2v) is 2.71. The van der Waals surface area contributed by atoms with Crippen molar-refractivity contribution in [3.05, 3.63) is 16.1 Å². The number of nitrogens with one attached hydrogen (secondary N) is 1. The van der Waals surface area contributed by atoms with Gasteiger partial charge in [0.15, 0.2) is 5.69 Å². The molecular weight excluding hydrogens is 146 g/mol. The van der Waals surface area contributed by atoms with Crippen LogP contribution in [0.25, 0.3) is 0 Å². The molecule has 0 atom stereocenters. The van der Waals surface area contributed by atoms with Crippen LogP contribution in [0.15, 0.2) is 5.38 Å². The second-order valence-electron chi connectivity index (χ2n) is 1.77. The monoisotopic (exact) mass is 153 g/mol. The molecule has 0 aliphatic rings. The molecule has 0 fully saturated rings. The average molecular weight is 153 g/mol. The van der Waals surface area contributed by atoms with Gasteiger partial charge in [-0.05, 0) is 7.05 Å². The summed E-state index contributed by atoms with van der Waals surface area (Å²) >= 11 is 1.50. The Labute approximate surface area is 63.3 Å². The first kappa shape index (κ1) is 7.19. The van der Waals surface area contributed by atoms with Crippen LogP contribution < -0.4 is 5.32 Å². The van der Waals surface area contributed by atoms with E-state index in [-0.39, 0.29) is 0 Å². The molecule has 0 saturated carbocycles. The van der Waals surface area contributed by atoms with Crippen LogP contribution in [0.2, 0.25) is 0 Å². The number of aromatic nitrogens is 1. The Kier molecular flexibility index (Phi) is 2.37. The SMILES string of the molecule is CNCc1nc(C#N)cs1. The molecule has 0 aliphatic carbocycles. The van der Waals surface area contributed by atoms with E-state index < -0.39 is 0 Å². The molecule has 52 valence electrons. The maximum Gasteiger partial charge on any atom is 0.151 e. The standard InChI is InChI=1S/C6H7N3S/c1-8-3-6-9-5(2-7)4-10-6/h4,8H,3H2,1H3. The van der Waals surface area contributed by atoms with Gasteiger partial charge in [-0.2, -0.15) is 5.26 Å². The maximum atomic E-state index is 8.39. The van der Waals surface area contributed by atoms with Gasteiger partial charge in [-0.15, -0.1) is 11.3 Å². The number of nitrogens with zero attached hydrogens (tertiary/aromatic N) is 2. The summed E-state index contributed by atoms with van der Waals surface area (Å²) < 4.78 is 0. The van der Waals surface area contributed by atoms with Gasteiger partial charge in [0.05, 0.1) is 0 Å². The Morgan fingerprint density at radius 2 is 2.70 bits per heavy atom. The van der Waals surface area contributed by atoms with Gasteiger partial charge in [-0.25, -0.2) is 4.98 Å². The van der Waals surface area contributed by atoms with Gasteiger partial charge >= 0.3 is 0 Å². The second kappa shape index (κ2) is 3.30. The molecule has 0 spiro atoms. The predicted molar refractivity (Wildman–Crippen MR) is 39.6 cm³/mol. The maximum absolute atomic E-state index is 8.39. The lowest BCUT2D eigenvalue weighted by molar-refractivity contribution is 0.809. The largest absolute Gasteiger partial charge is 0.314 e. The summed E-state index contributed by atoms with van der Waals surface area (Å²) in [4.78, 5) is 4.01. The predicted octanol–water partition coefficient (Wildman–Crippen LogP) is 0.734. The highest BCUT2D eigenvalue weighted by Crippen LogP contribution is 2.07. The summed E-state index contributed by atoms with van der Waals surface area (Å²) in [5.74, 6) is 0. The number of hydrogen-bond donors (Lipinski definition) is 1. The molecule has 0 aromatic carbocycles. The van der Waals surface area contributed by atoms with E-state index >= 15 is 0 Å². The van der Waals surface area contributed by atoms with Crippen molar-refractivity contribution in [3.63, 3.8) is 0 Å². The molecule has 1 heterocycles. The lowest BCUT2D eigenvalue weighted by Crippen LogP contribution is -2.04. The third-order valence-corrected chi connectivity index (χ3v) is 1.84. The lowest BCUT2D eigenvalue weighted by atomic mass is 10.5. The molecule has 1 rings (SSSR count). The van der Waals surface area contributed by atoms with Crippen molar-refractivity contribution in [1.29, 1.82) is 5.26 Å². The van der Waals surface area contributed by atoms with Gasteiger partial charge in [0.1, 0.15) is 11.1 Å². The molecule has 0 unspecified atom stereocenters. The molecule has 1 aromatic rings. The molecule has 0 saturated heterocycles. The summed E-state index contributed by atoms with van der Waals surface area (Å²) in [6, 6.07) is 1.98. The minimum absolute atomic E-state index is 0.509. The third-order valence-electron chi connectivity index (χ3n) is 0.994. The lowest BCUT2D eigenvalue weighted by Gasteiger charge is -1.88. The highest BCUT2D eigenvalue weighted by molar-refractivity contribution is 7.09. The van der Waals surface area contributed by atoms with Crippen LogP contribution in [-0.2, 0) is 6.54 Å². The Bertz CT molecular complexity index is 248. The minimum atomic E-state index is 0.509. The van der Waals surface area contributed by atoms with Gasteiger partial charge in [0.2, 0.25) is 0 Å². The van der Waals surface area contributed by atoms with Crippen molar-refractivity contribution in [3.8, 4) is 6.07 Å². The molecule has 4 heteroatoms. The zero-order valence-corrected chi connectivity index (χ0v) is 6.40. The van der Waals surface area contributed by atoms with E-state index in [1.807, 2.05) is 13.1 Å². The molecule has 0 amide bonds. The highest BCUT2D eigenvalue weighted by Gasteiger charge is 1.97. The van der Waals surface area contributed by atoms with Crippen LogP contribution >= 0.6 is 11.3 Å². The quantitative estimate of drug-likeness (QED) is 0.681. The minimum Gasteiger partial charge on any atom is -0.314 e. The fourth-order valence-electron chi connectivity index (χ4n) is 0.595. The molecular formula is C6H7N3S. The Morgan fingerprint density at radius 3 is 3.20 bits per heavy atom. The van der Waals surface area contributed by atoms with Crippen molar-refractivity contribution < 1.29 is 0 Å². The zero-order valence-electron chi connectivity index (χ0n) is 5.59. The smallest absolute Gasteiger partial charge is 0.151 e. The summed E-state index contributed by atoms with van der Waals surface area (Å²) in [5.41, 5.74) is 0.509. The number of hydrogen-bond acceptors (Lipinski definition) is 4. The van der Waals surface area contributed by atoms with E-state index in [0.29, 0.717) is 5.69 Å². The van der Waals surface area contributed by atoms with E-state index in [4.69, 9.17) is 5.26 Å². The summed E-state index contributed by atoms with van der Waals surface area (Å²) in [6.45, 7) is 0.742. The van der Waals surface area contributed by atoms with Crippen molar-refractivity contribution in [2.75, 3.05) is 7.05 Å². The van der Waals surface area contributed by atoms with Crippen LogP contribution in [0.4, 0.5) is 0 Å². The summed E-state index contributed by atoms with van der Waals surface area (Å²) in [5, 5.41) is 14.1.